The van der Waals surface area contributed by atoms with Crippen LogP contribution in [0.4, 0.5) is 0 Å². The topological polar surface area (TPSA) is 77.9 Å². The monoisotopic (exact) mass is 530 g/mol. The highest BCUT2D eigenvalue weighted by molar-refractivity contribution is 6.31. The van der Waals surface area contributed by atoms with Crippen LogP contribution in [0.3, 0.4) is 0 Å². The van der Waals surface area contributed by atoms with Crippen molar-refractivity contribution in [1.29, 1.82) is 0 Å². The van der Waals surface area contributed by atoms with E-state index in [1.807, 2.05) is 42.5 Å². The summed E-state index contributed by atoms with van der Waals surface area (Å²) in [6, 6.07) is 13.3. The molecule has 0 spiro atoms. The summed E-state index contributed by atoms with van der Waals surface area (Å²) in [5.41, 5.74) is 2.78. The van der Waals surface area contributed by atoms with Crippen LogP contribution in [-0.4, -0.2) is 58.9 Å². The Morgan fingerprint density at radius 3 is 2.36 bits per heavy atom. The van der Waals surface area contributed by atoms with Gasteiger partial charge in [0.25, 0.3) is 0 Å². The lowest BCUT2D eigenvalue weighted by atomic mass is 9.82. The Hall–Kier alpha value is -2.57. The van der Waals surface area contributed by atoms with E-state index in [4.69, 9.17) is 23.2 Å². The van der Waals surface area contributed by atoms with E-state index in [-0.39, 0.29) is 30.2 Å². The van der Waals surface area contributed by atoms with Crippen LogP contribution < -0.4 is 0 Å². The van der Waals surface area contributed by atoms with E-state index in [0.717, 1.165) is 16.7 Å². The van der Waals surface area contributed by atoms with Gasteiger partial charge in [-0.25, -0.2) is 0 Å². The number of carbonyl (C=O) groups excluding carboxylic acids is 2. The first-order chi connectivity index (χ1) is 17.2. The Kier molecular flexibility index (Phi) is 8.26. The van der Waals surface area contributed by atoms with Crippen LogP contribution in [0.1, 0.15) is 61.6 Å². The van der Waals surface area contributed by atoms with Crippen molar-refractivity contribution in [3.05, 3.63) is 69.2 Å². The molecule has 2 aromatic carbocycles. The van der Waals surface area contributed by atoms with E-state index < -0.39 is 17.8 Å². The predicted octanol–water partition coefficient (Wildman–Crippen LogP) is 5.42. The second-order valence-corrected chi connectivity index (χ2v) is 11.1. The third-order valence-corrected chi connectivity index (χ3v) is 7.90. The number of carbonyl (C=O) groups is 3. The van der Waals surface area contributed by atoms with Crippen molar-refractivity contribution in [2.24, 2.45) is 11.8 Å². The molecule has 0 aliphatic carbocycles. The van der Waals surface area contributed by atoms with Crippen LogP contribution in [0.25, 0.3) is 0 Å². The summed E-state index contributed by atoms with van der Waals surface area (Å²) in [6.45, 7) is 5.20. The average Bonchev–Trinajstić information content (AvgIpc) is 2.94. The van der Waals surface area contributed by atoms with E-state index in [1.54, 1.807) is 9.80 Å². The molecule has 2 aliphatic heterocycles. The highest BCUT2D eigenvalue weighted by atomic mass is 35.5. The molecule has 6 nitrogen and oxygen atoms in total. The zero-order valence-electron chi connectivity index (χ0n) is 20.6. The highest BCUT2D eigenvalue weighted by Crippen LogP contribution is 2.41. The number of hydrogen-bond donors (Lipinski definition) is 1. The van der Waals surface area contributed by atoms with Gasteiger partial charge in [0.05, 0.1) is 18.4 Å². The molecular weight excluding hydrogens is 499 g/mol. The smallest absolute Gasteiger partial charge is 0.306 e. The molecule has 8 heteroatoms. The molecule has 4 rings (SSSR count). The van der Waals surface area contributed by atoms with Gasteiger partial charge in [-0.15, -0.1) is 0 Å². The molecule has 2 amide bonds. The molecule has 1 fully saturated rings. The maximum atomic E-state index is 14.0. The molecule has 2 atom stereocenters. The Labute approximate surface area is 222 Å². The van der Waals surface area contributed by atoms with Crippen LogP contribution in [0.15, 0.2) is 42.5 Å². The molecular formula is C28H32Cl2N2O4. The molecule has 192 valence electrons. The number of amides is 2. The summed E-state index contributed by atoms with van der Waals surface area (Å²) in [5.74, 6) is -1.83. The molecule has 0 bridgehead atoms. The van der Waals surface area contributed by atoms with Gasteiger partial charge in [0.2, 0.25) is 11.8 Å². The maximum Gasteiger partial charge on any atom is 0.306 e. The molecule has 2 aliphatic rings. The molecule has 0 unspecified atom stereocenters. The van der Waals surface area contributed by atoms with Crippen LogP contribution in [0, 0.1) is 11.8 Å². The number of fused-ring (bicyclic) bond motifs is 1. The Morgan fingerprint density at radius 2 is 1.72 bits per heavy atom. The highest BCUT2D eigenvalue weighted by Gasteiger charge is 2.38. The van der Waals surface area contributed by atoms with Gasteiger partial charge in [0.1, 0.15) is 0 Å². The van der Waals surface area contributed by atoms with Crippen molar-refractivity contribution in [3.63, 3.8) is 0 Å². The zero-order chi connectivity index (χ0) is 26.0. The van der Waals surface area contributed by atoms with Crippen molar-refractivity contribution >= 4 is 41.0 Å². The number of nitrogens with zero attached hydrogens (tertiary/aromatic N) is 2. The van der Waals surface area contributed by atoms with Crippen LogP contribution >= 0.6 is 23.2 Å². The number of likely N-dealkylation sites (tertiary alicyclic amines) is 1. The Bertz CT molecular complexity index is 1140. The van der Waals surface area contributed by atoms with E-state index in [1.165, 1.54) is 0 Å². The number of aliphatic carboxylic acids is 1. The van der Waals surface area contributed by atoms with E-state index in [9.17, 15) is 19.5 Å². The summed E-state index contributed by atoms with van der Waals surface area (Å²) < 4.78 is 0. The van der Waals surface area contributed by atoms with Crippen molar-refractivity contribution in [3.8, 4) is 0 Å². The van der Waals surface area contributed by atoms with Gasteiger partial charge in [0, 0.05) is 35.6 Å². The lowest BCUT2D eigenvalue weighted by Crippen LogP contribution is -2.47. The van der Waals surface area contributed by atoms with Crippen molar-refractivity contribution in [2.75, 3.05) is 26.2 Å². The minimum Gasteiger partial charge on any atom is -0.481 e. The van der Waals surface area contributed by atoms with Gasteiger partial charge < -0.3 is 14.9 Å². The second kappa shape index (κ2) is 11.2. The molecule has 1 saturated heterocycles. The van der Waals surface area contributed by atoms with Crippen molar-refractivity contribution in [2.45, 2.75) is 44.9 Å². The summed E-state index contributed by atoms with van der Waals surface area (Å²) in [5, 5.41) is 10.5. The van der Waals surface area contributed by atoms with Crippen molar-refractivity contribution in [1.82, 2.24) is 9.80 Å². The first kappa shape index (κ1) is 26.5. The van der Waals surface area contributed by atoms with E-state index in [2.05, 4.69) is 13.8 Å². The van der Waals surface area contributed by atoms with Crippen LogP contribution in [0.5, 0.6) is 0 Å². The molecule has 0 aromatic heterocycles. The minimum atomic E-state index is -0.819. The summed E-state index contributed by atoms with van der Waals surface area (Å²) in [7, 11) is 0. The van der Waals surface area contributed by atoms with E-state index in [0.29, 0.717) is 48.9 Å². The fraction of sp³-hybridized carbons (Fsp3) is 0.464. The number of hydrogen-bond acceptors (Lipinski definition) is 3. The normalized spacial score (nSPS) is 20.9. The number of halogens is 2. The largest absolute Gasteiger partial charge is 0.481 e. The summed E-state index contributed by atoms with van der Waals surface area (Å²) in [6.07, 6.45) is 1.51. The molecule has 36 heavy (non-hydrogen) atoms. The maximum absolute atomic E-state index is 14.0. The van der Waals surface area contributed by atoms with Crippen LogP contribution in [0.2, 0.25) is 10.0 Å². The number of carboxylic acid groups (broad SMARTS) is 1. The lowest BCUT2D eigenvalue weighted by Gasteiger charge is -2.33. The lowest BCUT2D eigenvalue weighted by molar-refractivity contribution is -0.147. The molecule has 1 N–H and O–H groups in total. The third-order valence-electron chi connectivity index (χ3n) is 7.32. The first-order valence-corrected chi connectivity index (χ1v) is 13.2. The van der Waals surface area contributed by atoms with Gasteiger partial charge in [-0.1, -0.05) is 61.3 Å². The quantitative estimate of drug-likeness (QED) is 0.540. The fourth-order valence-corrected chi connectivity index (χ4v) is 5.88. The molecule has 2 aromatic rings. The Morgan fingerprint density at radius 1 is 1.03 bits per heavy atom. The van der Waals surface area contributed by atoms with Gasteiger partial charge in [-0.05, 0) is 60.1 Å². The number of piperidine rings is 1. The van der Waals surface area contributed by atoms with Gasteiger partial charge in [0.15, 0.2) is 0 Å². The third kappa shape index (κ3) is 5.70. The summed E-state index contributed by atoms with van der Waals surface area (Å²) in [4.78, 5) is 41.9. The standard InChI is InChI=1S/C28H32Cl2N2O4/c1-17(2)13-23-20-8-7-19(29)14-22(20)24(21-5-3-4-6-25(21)30)15-32(27(23)34)16-26(33)31-11-9-18(10-12-31)28(35)36/h3-8,14,17-18,23-24H,9-13,15-16H2,1-2H3,(H,35,36)/t23-,24-/m1/s1. The van der Waals surface area contributed by atoms with Gasteiger partial charge in [-0.2, -0.15) is 0 Å². The molecule has 0 radical (unpaired) electrons. The van der Waals surface area contributed by atoms with Gasteiger partial charge >= 0.3 is 5.97 Å². The zero-order valence-corrected chi connectivity index (χ0v) is 22.1. The number of rotatable bonds is 6. The van der Waals surface area contributed by atoms with E-state index >= 15 is 0 Å². The second-order valence-electron chi connectivity index (χ2n) is 10.2. The molecule has 0 saturated carbocycles. The molecule has 2 heterocycles. The van der Waals surface area contributed by atoms with Crippen molar-refractivity contribution < 1.29 is 19.5 Å². The Balaban J connectivity index is 1.69. The average molecular weight is 531 g/mol. The first-order valence-electron chi connectivity index (χ1n) is 12.5. The number of carboxylic acids is 1. The van der Waals surface area contributed by atoms with Crippen LogP contribution in [-0.2, 0) is 14.4 Å². The fourth-order valence-electron chi connectivity index (χ4n) is 5.43. The number of benzene rings is 2. The predicted molar refractivity (Wildman–Crippen MR) is 140 cm³/mol. The SMILES string of the molecule is CC(C)C[C@H]1C(=O)N(CC(=O)N2CCC(C(=O)O)CC2)C[C@H](c2ccccc2Cl)c2cc(Cl)ccc21. The minimum absolute atomic E-state index is 0.0478. The summed E-state index contributed by atoms with van der Waals surface area (Å²) >= 11 is 13.1. The van der Waals surface area contributed by atoms with Gasteiger partial charge in [-0.3, -0.25) is 14.4 Å².